The highest BCUT2D eigenvalue weighted by Crippen LogP contribution is 2.26. The number of aromatic nitrogens is 2. The lowest BCUT2D eigenvalue weighted by Crippen LogP contribution is -2.45. The summed E-state index contributed by atoms with van der Waals surface area (Å²) in [7, 11) is 3.80. The molecule has 0 radical (unpaired) electrons. The first-order valence-electron chi connectivity index (χ1n) is 6.86. The average molecular weight is 263 g/mol. The quantitative estimate of drug-likeness (QED) is 0.803. The predicted molar refractivity (Wildman–Crippen MR) is 73.7 cm³/mol. The van der Waals surface area contributed by atoms with Gasteiger partial charge in [-0.3, -0.25) is 0 Å². The lowest BCUT2D eigenvalue weighted by atomic mass is 10.1. The number of nitrogens with zero attached hydrogens (tertiary/aromatic N) is 4. The molecule has 19 heavy (non-hydrogen) atoms. The van der Waals surface area contributed by atoms with E-state index in [4.69, 9.17) is 4.74 Å². The first-order valence-corrected chi connectivity index (χ1v) is 6.86. The molecule has 3 rings (SSSR count). The van der Waals surface area contributed by atoms with Crippen LogP contribution in [0.25, 0.3) is 0 Å². The van der Waals surface area contributed by atoms with E-state index in [1.54, 1.807) is 7.11 Å². The van der Waals surface area contributed by atoms with E-state index in [-0.39, 0.29) is 0 Å². The molecule has 104 valence electrons. The van der Waals surface area contributed by atoms with Gasteiger partial charge in [-0.15, -0.1) is 0 Å². The molecule has 1 aromatic heterocycles. The van der Waals surface area contributed by atoms with Crippen LogP contribution >= 0.6 is 0 Å². The molecule has 1 saturated heterocycles. The Labute approximate surface area is 113 Å². The maximum Gasteiger partial charge on any atom is 0.318 e. The molecule has 6 heteroatoms. The minimum Gasteiger partial charge on any atom is -0.467 e. The number of piperazine rings is 1. The SMILES string of the molecule is COc1nc2c(c(N3CCN(C)CC3)n1)CNCC2. The highest BCUT2D eigenvalue weighted by Gasteiger charge is 2.23. The summed E-state index contributed by atoms with van der Waals surface area (Å²) in [5.74, 6) is 1.06. The van der Waals surface area contributed by atoms with Crippen LogP contribution in [-0.4, -0.2) is 61.7 Å². The van der Waals surface area contributed by atoms with Gasteiger partial charge in [0, 0.05) is 51.3 Å². The molecular weight excluding hydrogens is 242 g/mol. The minimum absolute atomic E-state index is 0.495. The Kier molecular flexibility index (Phi) is 3.52. The number of anilines is 1. The maximum absolute atomic E-state index is 5.25. The molecule has 0 bridgehead atoms. The van der Waals surface area contributed by atoms with Crippen LogP contribution < -0.4 is 15.0 Å². The van der Waals surface area contributed by atoms with Crippen molar-refractivity contribution >= 4 is 5.82 Å². The van der Waals surface area contributed by atoms with Gasteiger partial charge in [0.05, 0.1) is 12.8 Å². The van der Waals surface area contributed by atoms with E-state index >= 15 is 0 Å². The van der Waals surface area contributed by atoms with Crippen LogP contribution in [0.15, 0.2) is 0 Å². The molecule has 0 spiro atoms. The van der Waals surface area contributed by atoms with Crippen molar-refractivity contribution < 1.29 is 4.74 Å². The summed E-state index contributed by atoms with van der Waals surface area (Å²) in [5.41, 5.74) is 2.39. The predicted octanol–water partition coefficient (Wildman–Crippen LogP) is -0.117. The van der Waals surface area contributed by atoms with Crippen molar-refractivity contribution in [1.29, 1.82) is 0 Å². The van der Waals surface area contributed by atoms with Gasteiger partial charge in [-0.1, -0.05) is 0 Å². The Bertz CT molecular complexity index is 457. The molecule has 0 aromatic carbocycles. The number of ether oxygens (including phenoxy) is 1. The smallest absolute Gasteiger partial charge is 0.318 e. The Balaban J connectivity index is 1.94. The summed E-state index contributed by atoms with van der Waals surface area (Å²) in [4.78, 5) is 13.8. The van der Waals surface area contributed by atoms with Crippen molar-refractivity contribution in [3.05, 3.63) is 11.3 Å². The lowest BCUT2D eigenvalue weighted by Gasteiger charge is -2.35. The average Bonchev–Trinajstić information content (AvgIpc) is 2.47. The molecule has 1 aromatic rings. The maximum atomic E-state index is 5.25. The molecule has 0 amide bonds. The third-order valence-corrected chi connectivity index (χ3v) is 3.88. The Morgan fingerprint density at radius 2 is 1.95 bits per heavy atom. The number of hydrogen-bond acceptors (Lipinski definition) is 6. The number of nitrogens with one attached hydrogen (secondary N) is 1. The summed E-state index contributed by atoms with van der Waals surface area (Å²) in [6, 6.07) is 0.495. The molecular formula is C13H21N5O. The number of rotatable bonds is 2. The monoisotopic (exact) mass is 263 g/mol. The largest absolute Gasteiger partial charge is 0.467 e. The van der Waals surface area contributed by atoms with Gasteiger partial charge in [-0.2, -0.15) is 9.97 Å². The van der Waals surface area contributed by atoms with E-state index in [1.165, 1.54) is 5.56 Å². The second-order valence-electron chi connectivity index (χ2n) is 5.18. The molecule has 0 saturated carbocycles. The van der Waals surface area contributed by atoms with E-state index in [0.717, 1.165) is 57.2 Å². The third kappa shape index (κ3) is 2.50. The lowest BCUT2D eigenvalue weighted by molar-refractivity contribution is 0.310. The fourth-order valence-electron chi connectivity index (χ4n) is 2.67. The summed E-state index contributed by atoms with van der Waals surface area (Å²) >= 11 is 0. The highest BCUT2D eigenvalue weighted by molar-refractivity contribution is 5.51. The molecule has 0 aliphatic carbocycles. The molecule has 0 unspecified atom stereocenters. The zero-order valence-electron chi connectivity index (χ0n) is 11.6. The summed E-state index contributed by atoms with van der Waals surface area (Å²) in [6.45, 7) is 6.03. The van der Waals surface area contributed by atoms with Gasteiger partial charge in [0.2, 0.25) is 0 Å². The van der Waals surface area contributed by atoms with Gasteiger partial charge >= 0.3 is 6.01 Å². The number of methoxy groups -OCH3 is 1. The van der Waals surface area contributed by atoms with Crippen LogP contribution in [0.5, 0.6) is 6.01 Å². The van der Waals surface area contributed by atoms with Crippen molar-refractivity contribution in [3.8, 4) is 6.01 Å². The van der Waals surface area contributed by atoms with Gasteiger partial charge in [-0.05, 0) is 7.05 Å². The van der Waals surface area contributed by atoms with Gasteiger partial charge in [-0.25, -0.2) is 0 Å². The van der Waals surface area contributed by atoms with Crippen LogP contribution in [0.1, 0.15) is 11.3 Å². The van der Waals surface area contributed by atoms with E-state index in [9.17, 15) is 0 Å². The Hall–Kier alpha value is -1.40. The van der Waals surface area contributed by atoms with Gasteiger partial charge in [0.1, 0.15) is 5.82 Å². The van der Waals surface area contributed by atoms with Crippen molar-refractivity contribution in [3.63, 3.8) is 0 Å². The minimum atomic E-state index is 0.495. The van der Waals surface area contributed by atoms with Gasteiger partial charge in [0.25, 0.3) is 0 Å². The normalized spacial score (nSPS) is 20.2. The Morgan fingerprint density at radius 3 is 2.68 bits per heavy atom. The molecule has 2 aliphatic rings. The zero-order chi connectivity index (χ0) is 13.2. The second kappa shape index (κ2) is 5.30. The van der Waals surface area contributed by atoms with E-state index in [0.29, 0.717) is 6.01 Å². The van der Waals surface area contributed by atoms with Crippen molar-refractivity contribution in [2.24, 2.45) is 0 Å². The van der Waals surface area contributed by atoms with Crippen molar-refractivity contribution in [1.82, 2.24) is 20.2 Å². The molecule has 2 aliphatic heterocycles. The molecule has 0 atom stereocenters. The number of likely N-dealkylation sites (N-methyl/N-ethyl adjacent to an activating group) is 1. The molecule has 6 nitrogen and oxygen atoms in total. The van der Waals surface area contributed by atoms with Crippen LogP contribution in [-0.2, 0) is 13.0 Å². The molecule has 1 N–H and O–H groups in total. The fraction of sp³-hybridized carbons (Fsp3) is 0.692. The van der Waals surface area contributed by atoms with E-state index in [1.807, 2.05) is 0 Å². The van der Waals surface area contributed by atoms with Crippen LogP contribution in [0, 0.1) is 0 Å². The zero-order valence-corrected chi connectivity index (χ0v) is 11.6. The van der Waals surface area contributed by atoms with E-state index < -0.39 is 0 Å². The third-order valence-electron chi connectivity index (χ3n) is 3.88. The Morgan fingerprint density at radius 1 is 1.16 bits per heavy atom. The first kappa shape index (κ1) is 12.6. The van der Waals surface area contributed by atoms with Crippen LogP contribution in [0.3, 0.4) is 0 Å². The summed E-state index contributed by atoms with van der Waals surface area (Å²) < 4.78 is 5.25. The van der Waals surface area contributed by atoms with Crippen molar-refractivity contribution in [2.75, 3.05) is 51.8 Å². The number of fused-ring (bicyclic) bond motifs is 1. The topological polar surface area (TPSA) is 53.5 Å². The summed E-state index contributed by atoms with van der Waals surface area (Å²) in [5, 5.41) is 3.41. The van der Waals surface area contributed by atoms with Gasteiger partial charge in [0.15, 0.2) is 0 Å². The van der Waals surface area contributed by atoms with Crippen LogP contribution in [0.4, 0.5) is 5.82 Å². The first-order chi connectivity index (χ1) is 9.28. The van der Waals surface area contributed by atoms with E-state index in [2.05, 4.69) is 32.1 Å². The highest BCUT2D eigenvalue weighted by atomic mass is 16.5. The molecule has 1 fully saturated rings. The molecule has 3 heterocycles. The standard InChI is InChI=1S/C13H21N5O/c1-17-5-7-18(8-6-17)12-10-9-14-4-3-11(10)15-13(16-12)19-2/h14H,3-9H2,1-2H3. The van der Waals surface area contributed by atoms with Crippen molar-refractivity contribution in [2.45, 2.75) is 13.0 Å². The van der Waals surface area contributed by atoms with Crippen LogP contribution in [0.2, 0.25) is 0 Å². The van der Waals surface area contributed by atoms with Gasteiger partial charge < -0.3 is 19.9 Å². The fourth-order valence-corrected chi connectivity index (χ4v) is 2.67. The second-order valence-corrected chi connectivity index (χ2v) is 5.18. The number of hydrogen-bond donors (Lipinski definition) is 1. The summed E-state index contributed by atoms with van der Waals surface area (Å²) in [6.07, 6.45) is 0.953.